The van der Waals surface area contributed by atoms with E-state index in [0.717, 1.165) is 12.4 Å². The normalized spacial score (nSPS) is 11.3. The molecule has 0 bridgehead atoms. The number of hydrogen-bond acceptors (Lipinski definition) is 2. The molecule has 0 N–H and O–H groups in total. The first kappa shape index (κ1) is 9.79. The van der Waals surface area contributed by atoms with Crippen molar-refractivity contribution in [2.75, 3.05) is 0 Å². The molecular weight excluding hydrogens is 162 g/mol. The highest BCUT2D eigenvalue weighted by atomic mass is 15.1. The Morgan fingerprint density at radius 2 is 2.15 bits per heavy atom. The fraction of sp³-hybridized carbons (Fsp3) is 0.600. The van der Waals surface area contributed by atoms with Crippen molar-refractivity contribution in [2.45, 2.75) is 39.7 Å². The Morgan fingerprint density at radius 3 is 2.46 bits per heavy atom. The van der Waals surface area contributed by atoms with Crippen LogP contribution in [-0.4, -0.2) is 9.55 Å². The summed E-state index contributed by atoms with van der Waals surface area (Å²) in [4.78, 5) is 4.27. The molecule has 0 aliphatic carbocycles. The second-order valence-corrected chi connectivity index (χ2v) is 4.10. The van der Waals surface area contributed by atoms with Crippen LogP contribution < -0.4 is 0 Å². The van der Waals surface area contributed by atoms with E-state index < -0.39 is 0 Å². The molecule has 0 fully saturated rings. The summed E-state index contributed by atoms with van der Waals surface area (Å²) in [6.07, 6.45) is 1.81. The van der Waals surface area contributed by atoms with Gasteiger partial charge >= 0.3 is 0 Å². The predicted octanol–water partition coefficient (Wildman–Crippen LogP) is 2.07. The van der Waals surface area contributed by atoms with Crippen molar-refractivity contribution in [3.63, 3.8) is 0 Å². The fourth-order valence-electron chi connectivity index (χ4n) is 1.31. The average molecular weight is 177 g/mol. The molecule has 1 aromatic rings. The zero-order valence-corrected chi connectivity index (χ0v) is 8.63. The van der Waals surface area contributed by atoms with Gasteiger partial charge in [0.15, 0.2) is 5.69 Å². The molecule has 1 rings (SSSR count). The van der Waals surface area contributed by atoms with Gasteiger partial charge in [0.25, 0.3) is 0 Å². The van der Waals surface area contributed by atoms with E-state index >= 15 is 0 Å². The van der Waals surface area contributed by atoms with Crippen molar-refractivity contribution in [3.05, 3.63) is 17.7 Å². The first-order valence-electron chi connectivity index (χ1n) is 4.46. The van der Waals surface area contributed by atoms with E-state index in [-0.39, 0.29) is 5.41 Å². The summed E-state index contributed by atoms with van der Waals surface area (Å²) in [6.45, 7) is 9.22. The van der Waals surface area contributed by atoms with Crippen LogP contribution in [0.2, 0.25) is 0 Å². The maximum atomic E-state index is 8.71. The molecule has 0 aromatic carbocycles. The summed E-state index contributed by atoms with van der Waals surface area (Å²) in [5.74, 6) is 0.978. The number of rotatable bonds is 1. The second kappa shape index (κ2) is 3.21. The Kier molecular flexibility index (Phi) is 2.42. The van der Waals surface area contributed by atoms with Crippen LogP contribution in [0, 0.1) is 11.3 Å². The number of nitrogens with zero attached hydrogens (tertiary/aromatic N) is 3. The Labute approximate surface area is 79.0 Å². The van der Waals surface area contributed by atoms with Crippen molar-refractivity contribution in [3.8, 4) is 6.07 Å². The molecule has 0 saturated heterocycles. The van der Waals surface area contributed by atoms with Crippen LogP contribution in [0.25, 0.3) is 0 Å². The van der Waals surface area contributed by atoms with Gasteiger partial charge in [-0.1, -0.05) is 20.8 Å². The van der Waals surface area contributed by atoms with Crippen molar-refractivity contribution in [1.29, 1.82) is 5.26 Å². The SMILES string of the molecule is CCn1cc(C#N)nc1C(C)(C)C. The van der Waals surface area contributed by atoms with E-state index in [1.54, 1.807) is 6.20 Å². The van der Waals surface area contributed by atoms with Crippen LogP contribution in [0.5, 0.6) is 0 Å². The summed E-state index contributed by atoms with van der Waals surface area (Å²) >= 11 is 0. The van der Waals surface area contributed by atoms with Crippen molar-refractivity contribution >= 4 is 0 Å². The van der Waals surface area contributed by atoms with Gasteiger partial charge in [0.05, 0.1) is 0 Å². The van der Waals surface area contributed by atoms with Gasteiger partial charge in [0.1, 0.15) is 11.9 Å². The molecule has 0 radical (unpaired) electrons. The van der Waals surface area contributed by atoms with Gasteiger partial charge in [0, 0.05) is 18.2 Å². The number of hydrogen-bond donors (Lipinski definition) is 0. The standard InChI is InChI=1S/C10H15N3/c1-5-13-7-8(6-11)12-9(13)10(2,3)4/h7H,5H2,1-4H3. The van der Waals surface area contributed by atoms with Gasteiger partial charge in [-0.3, -0.25) is 0 Å². The molecule has 3 nitrogen and oxygen atoms in total. The minimum Gasteiger partial charge on any atom is -0.333 e. The van der Waals surface area contributed by atoms with E-state index in [1.807, 2.05) is 4.57 Å². The lowest BCUT2D eigenvalue weighted by atomic mass is 9.96. The summed E-state index contributed by atoms with van der Waals surface area (Å²) in [6, 6.07) is 2.06. The molecule has 0 saturated carbocycles. The lowest BCUT2D eigenvalue weighted by molar-refractivity contribution is 0.506. The average Bonchev–Trinajstić information content (AvgIpc) is 2.46. The summed E-state index contributed by atoms with van der Waals surface area (Å²) < 4.78 is 2.03. The van der Waals surface area contributed by atoms with Crippen LogP contribution in [0.4, 0.5) is 0 Å². The van der Waals surface area contributed by atoms with E-state index in [4.69, 9.17) is 5.26 Å². The minimum absolute atomic E-state index is 0.00507. The minimum atomic E-state index is 0.00507. The van der Waals surface area contributed by atoms with Crippen molar-refractivity contribution in [2.24, 2.45) is 0 Å². The lowest BCUT2D eigenvalue weighted by Crippen LogP contribution is -2.18. The monoisotopic (exact) mass is 177 g/mol. The van der Waals surface area contributed by atoms with Crippen molar-refractivity contribution < 1.29 is 0 Å². The molecule has 0 aliphatic heterocycles. The van der Waals surface area contributed by atoms with Crippen LogP contribution >= 0.6 is 0 Å². The Morgan fingerprint density at radius 1 is 1.54 bits per heavy atom. The Balaban J connectivity index is 3.21. The van der Waals surface area contributed by atoms with Crippen LogP contribution in [0.15, 0.2) is 6.20 Å². The maximum absolute atomic E-state index is 8.71. The van der Waals surface area contributed by atoms with Gasteiger partial charge in [-0.15, -0.1) is 0 Å². The van der Waals surface area contributed by atoms with Crippen LogP contribution in [-0.2, 0) is 12.0 Å². The first-order valence-corrected chi connectivity index (χ1v) is 4.46. The summed E-state index contributed by atoms with van der Waals surface area (Å²) in [5.41, 5.74) is 0.511. The quantitative estimate of drug-likeness (QED) is 0.659. The Bertz CT molecular complexity index is 336. The van der Waals surface area contributed by atoms with E-state index in [0.29, 0.717) is 5.69 Å². The molecule has 0 spiro atoms. The van der Waals surface area contributed by atoms with E-state index in [9.17, 15) is 0 Å². The molecule has 0 unspecified atom stereocenters. The number of nitriles is 1. The highest BCUT2D eigenvalue weighted by Crippen LogP contribution is 2.21. The highest BCUT2D eigenvalue weighted by molar-refractivity contribution is 5.21. The third-order valence-corrected chi connectivity index (χ3v) is 1.90. The second-order valence-electron chi connectivity index (χ2n) is 4.10. The molecule has 1 heterocycles. The molecule has 0 amide bonds. The van der Waals surface area contributed by atoms with Crippen molar-refractivity contribution in [1.82, 2.24) is 9.55 Å². The van der Waals surface area contributed by atoms with E-state index in [1.165, 1.54) is 0 Å². The molecule has 3 heteroatoms. The van der Waals surface area contributed by atoms with Crippen LogP contribution in [0.1, 0.15) is 39.2 Å². The largest absolute Gasteiger partial charge is 0.333 e. The van der Waals surface area contributed by atoms with Gasteiger partial charge in [-0.2, -0.15) is 5.26 Å². The fourth-order valence-corrected chi connectivity index (χ4v) is 1.31. The number of aryl methyl sites for hydroxylation is 1. The zero-order chi connectivity index (χ0) is 10.1. The third kappa shape index (κ3) is 1.89. The molecule has 70 valence electrons. The number of aromatic nitrogens is 2. The maximum Gasteiger partial charge on any atom is 0.158 e. The first-order chi connectivity index (χ1) is 5.99. The predicted molar refractivity (Wildman–Crippen MR) is 51.3 cm³/mol. The Hall–Kier alpha value is -1.30. The summed E-state index contributed by atoms with van der Waals surface area (Å²) in [7, 11) is 0. The molecular formula is C10H15N3. The molecule has 0 atom stereocenters. The van der Waals surface area contributed by atoms with Gasteiger partial charge < -0.3 is 4.57 Å². The van der Waals surface area contributed by atoms with Gasteiger partial charge in [-0.05, 0) is 6.92 Å². The zero-order valence-electron chi connectivity index (χ0n) is 8.63. The lowest BCUT2D eigenvalue weighted by Gasteiger charge is -2.18. The topological polar surface area (TPSA) is 41.6 Å². The highest BCUT2D eigenvalue weighted by Gasteiger charge is 2.20. The smallest absolute Gasteiger partial charge is 0.158 e. The van der Waals surface area contributed by atoms with Gasteiger partial charge in [0.2, 0.25) is 0 Å². The molecule has 13 heavy (non-hydrogen) atoms. The van der Waals surface area contributed by atoms with E-state index in [2.05, 4.69) is 38.7 Å². The molecule has 1 aromatic heterocycles. The summed E-state index contributed by atoms with van der Waals surface area (Å²) in [5, 5.41) is 8.71. The molecule has 0 aliphatic rings. The number of imidazole rings is 1. The third-order valence-electron chi connectivity index (χ3n) is 1.90. The van der Waals surface area contributed by atoms with Crippen LogP contribution in [0.3, 0.4) is 0 Å². The van der Waals surface area contributed by atoms with Gasteiger partial charge in [-0.25, -0.2) is 4.98 Å².